The van der Waals surface area contributed by atoms with Gasteiger partial charge in [-0.1, -0.05) is 30.3 Å². The first kappa shape index (κ1) is 16.8. The number of nitrogens with one attached hydrogen (secondary N) is 1. The van der Waals surface area contributed by atoms with Gasteiger partial charge in [-0.25, -0.2) is 13.2 Å². The van der Waals surface area contributed by atoms with E-state index < -0.39 is 10.0 Å². The van der Waals surface area contributed by atoms with Gasteiger partial charge in [-0.05, 0) is 17.7 Å². The summed E-state index contributed by atoms with van der Waals surface area (Å²) in [5.41, 5.74) is 1.35. The molecule has 0 radical (unpaired) electrons. The molecule has 0 saturated heterocycles. The van der Waals surface area contributed by atoms with Crippen molar-refractivity contribution in [3.63, 3.8) is 0 Å². The number of hydrogen-bond donors (Lipinski definition) is 1. The Balaban J connectivity index is 2.06. The van der Waals surface area contributed by atoms with Crippen molar-refractivity contribution in [2.75, 3.05) is 14.2 Å². The molecule has 0 saturated carbocycles. The van der Waals surface area contributed by atoms with Crippen molar-refractivity contribution >= 4 is 16.2 Å². The molecule has 2 aromatic carbocycles. The highest BCUT2D eigenvalue weighted by Crippen LogP contribution is 2.21. The summed E-state index contributed by atoms with van der Waals surface area (Å²) in [6, 6.07) is 14.1. The van der Waals surface area contributed by atoms with E-state index in [1.54, 1.807) is 42.5 Å². The number of rotatable bonds is 7. The molecular formula is C16H18N2O4S. The maximum absolute atomic E-state index is 12.0. The lowest BCUT2D eigenvalue weighted by molar-refractivity contribution is 0.394. The van der Waals surface area contributed by atoms with Crippen molar-refractivity contribution in [2.24, 2.45) is 5.10 Å². The average molecular weight is 334 g/mol. The van der Waals surface area contributed by atoms with E-state index in [4.69, 9.17) is 9.47 Å². The van der Waals surface area contributed by atoms with Gasteiger partial charge in [0.2, 0.25) is 0 Å². The van der Waals surface area contributed by atoms with Crippen LogP contribution < -0.4 is 14.3 Å². The second kappa shape index (κ2) is 7.64. The first-order valence-corrected chi connectivity index (χ1v) is 8.47. The third-order valence-electron chi connectivity index (χ3n) is 2.98. The number of hydrazone groups is 1. The van der Waals surface area contributed by atoms with E-state index in [0.29, 0.717) is 22.6 Å². The van der Waals surface area contributed by atoms with Gasteiger partial charge in [0.15, 0.2) is 0 Å². The monoisotopic (exact) mass is 334 g/mol. The summed E-state index contributed by atoms with van der Waals surface area (Å²) in [5, 5.41) is 3.79. The lowest BCUT2D eigenvalue weighted by Gasteiger charge is -2.06. The van der Waals surface area contributed by atoms with Crippen LogP contribution in [0.2, 0.25) is 0 Å². The third-order valence-corrected chi connectivity index (χ3v) is 4.08. The largest absolute Gasteiger partial charge is 0.497 e. The summed E-state index contributed by atoms with van der Waals surface area (Å²) in [5.74, 6) is 1.06. The summed E-state index contributed by atoms with van der Waals surface area (Å²) < 4.78 is 34.2. The van der Waals surface area contributed by atoms with Gasteiger partial charge in [-0.15, -0.1) is 0 Å². The molecule has 0 heterocycles. The predicted octanol–water partition coefficient (Wildman–Crippen LogP) is 2.16. The zero-order chi connectivity index (χ0) is 16.7. The van der Waals surface area contributed by atoms with E-state index in [-0.39, 0.29) is 5.75 Å². The van der Waals surface area contributed by atoms with Crippen molar-refractivity contribution in [1.82, 2.24) is 4.83 Å². The van der Waals surface area contributed by atoms with Gasteiger partial charge in [0.05, 0.1) is 26.2 Å². The Hall–Kier alpha value is -2.54. The summed E-state index contributed by atoms with van der Waals surface area (Å²) >= 11 is 0. The topological polar surface area (TPSA) is 77.0 Å². The van der Waals surface area contributed by atoms with Gasteiger partial charge < -0.3 is 9.47 Å². The van der Waals surface area contributed by atoms with Crippen LogP contribution in [0.5, 0.6) is 11.5 Å². The molecule has 122 valence electrons. The highest BCUT2D eigenvalue weighted by molar-refractivity contribution is 7.88. The molecule has 0 aliphatic carbocycles. The molecule has 0 bridgehead atoms. The highest BCUT2D eigenvalue weighted by atomic mass is 32.2. The first-order valence-electron chi connectivity index (χ1n) is 6.82. The summed E-state index contributed by atoms with van der Waals surface area (Å²) in [7, 11) is -0.467. The van der Waals surface area contributed by atoms with Crippen LogP contribution >= 0.6 is 0 Å². The standard InChI is InChI=1S/C16H18N2O4S/c1-21-15-8-14(9-16(10-15)22-2)11-17-18-23(19,20)12-13-6-4-3-5-7-13/h3-11,18H,12H2,1-2H3/b17-11+. The second-order valence-electron chi connectivity index (χ2n) is 4.74. The highest BCUT2D eigenvalue weighted by Gasteiger charge is 2.09. The Morgan fingerprint density at radius 1 is 1.04 bits per heavy atom. The van der Waals surface area contributed by atoms with E-state index in [1.165, 1.54) is 20.4 Å². The van der Waals surface area contributed by atoms with Crippen LogP contribution in [0.15, 0.2) is 53.6 Å². The van der Waals surface area contributed by atoms with Crippen molar-refractivity contribution in [1.29, 1.82) is 0 Å². The minimum absolute atomic E-state index is 0.132. The number of hydrogen-bond acceptors (Lipinski definition) is 5. The smallest absolute Gasteiger partial charge is 0.251 e. The maximum Gasteiger partial charge on any atom is 0.251 e. The van der Waals surface area contributed by atoms with E-state index in [0.717, 1.165) is 0 Å². The molecule has 1 N–H and O–H groups in total. The van der Waals surface area contributed by atoms with Crippen LogP contribution in [0.1, 0.15) is 11.1 Å². The van der Waals surface area contributed by atoms with Crippen LogP contribution in [-0.4, -0.2) is 28.9 Å². The molecule has 0 unspecified atom stereocenters. The fraction of sp³-hybridized carbons (Fsp3) is 0.188. The third kappa shape index (κ3) is 5.30. The van der Waals surface area contributed by atoms with Gasteiger partial charge in [-0.3, -0.25) is 0 Å². The molecule has 0 aliphatic rings. The predicted molar refractivity (Wildman–Crippen MR) is 89.3 cm³/mol. The van der Waals surface area contributed by atoms with Crippen LogP contribution in [-0.2, 0) is 15.8 Å². The van der Waals surface area contributed by atoms with E-state index >= 15 is 0 Å². The molecule has 7 heteroatoms. The zero-order valence-corrected chi connectivity index (χ0v) is 13.7. The molecule has 0 aromatic heterocycles. The van der Waals surface area contributed by atoms with Crippen molar-refractivity contribution in [3.8, 4) is 11.5 Å². The van der Waals surface area contributed by atoms with Crippen molar-refractivity contribution < 1.29 is 17.9 Å². The SMILES string of the molecule is COc1cc(/C=N/NS(=O)(=O)Cc2ccccc2)cc(OC)c1. The summed E-state index contributed by atoms with van der Waals surface area (Å²) in [6.07, 6.45) is 1.40. The Labute approximate surface area is 135 Å². The van der Waals surface area contributed by atoms with Crippen LogP contribution in [0, 0.1) is 0 Å². The number of sulfonamides is 1. The summed E-state index contributed by atoms with van der Waals surface area (Å²) in [4.78, 5) is 2.19. The first-order chi connectivity index (χ1) is 11.0. The normalized spacial score (nSPS) is 11.4. The Morgan fingerprint density at radius 2 is 1.65 bits per heavy atom. The van der Waals surface area contributed by atoms with E-state index in [1.807, 2.05) is 6.07 Å². The molecule has 23 heavy (non-hydrogen) atoms. The lowest BCUT2D eigenvalue weighted by atomic mass is 10.2. The summed E-state index contributed by atoms with van der Waals surface area (Å²) in [6.45, 7) is 0. The van der Waals surface area contributed by atoms with E-state index in [2.05, 4.69) is 9.93 Å². The fourth-order valence-corrected chi connectivity index (χ4v) is 2.82. The number of ether oxygens (including phenoxy) is 2. The molecule has 0 atom stereocenters. The molecule has 0 aliphatic heterocycles. The Morgan fingerprint density at radius 3 is 2.22 bits per heavy atom. The Kier molecular flexibility index (Phi) is 5.59. The van der Waals surface area contributed by atoms with Crippen LogP contribution in [0.3, 0.4) is 0 Å². The quantitative estimate of drug-likeness (QED) is 0.622. The van der Waals surface area contributed by atoms with Gasteiger partial charge in [0.1, 0.15) is 11.5 Å². The van der Waals surface area contributed by atoms with Gasteiger partial charge >= 0.3 is 0 Å². The minimum atomic E-state index is -3.55. The Bertz CT molecular complexity index is 752. The zero-order valence-electron chi connectivity index (χ0n) is 12.9. The molecule has 2 rings (SSSR count). The maximum atomic E-state index is 12.0. The minimum Gasteiger partial charge on any atom is -0.497 e. The fourth-order valence-electron chi connectivity index (χ4n) is 1.91. The van der Waals surface area contributed by atoms with Crippen LogP contribution in [0.25, 0.3) is 0 Å². The number of methoxy groups -OCH3 is 2. The van der Waals surface area contributed by atoms with Crippen LogP contribution in [0.4, 0.5) is 0 Å². The molecule has 2 aromatic rings. The van der Waals surface area contributed by atoms with Crippen molar-refractivity contribution in [2.45, 2.75) is 5.75 Å². The lowest BCUT2D eigenvalue weighted by Crippen LogP contribution is -2.20. The van der Waals surface area contributed by atoms with Gasteiger partial charge in [0.25, 0.3) is 10.0 Å². The average Bonchev–Trinajstić information content (AvgIpc) is 2.54. The molecule has 0 spiro atoms. The van der Waals surface area contributed by atoms with Gasteiger partial charge in [-0.2, -0.15) is 5.10 Å². The van der Waals surface area contributed by atoms with Gasteiger partial charge in [0, 0.05) is 11.6 Å². The second-order valence-corrected chi connectivity index (χ2v) is 6.44. The molecule has 0 amide bonds. The molecule has 6 nitrogen and oxygen atoms in total. The molecular weight excluding hydrogens is 316 g/mol. The number of benzene rings is 2. The van der Waals surface area contributed by atoms with Crippen molar-refractivity contribution in [3.05, 3.63) is 59.7 Å². The molecule has 0 fully saturated rings. The number of nitrogens with zero attached hydrogens (tertiary/aromatic N) is 1. The van der Waals surface area contributed by atoms with E-state index in [9.17, 15) is 8.42 Å².